The number of rotatable bonds is 5. The van der Waals surface area contributed by atoms with Gasteiger partial charge in [-0.2, -0.15) is 0 Å². The summed E-state index contributed by atoms with van der Waals surface area (Å²) in [7, 11) is 0. The molecule has 6 heteroatoms. The highest BCUT2D eigenvalue weighted by Gasteiger charge is 2.40. The Morgan fingerprint density at radius 1 is 1.32 bits per heavy atom. The van der Waals surface area contributed by atoms with Crippen LogP contribution in [0.3, 0.4) is 0 Å². The molecule has 0 spiro atoms. The number of nitrogens with one attached hydrogen (secondary N) is 1. The maximum atomic E-state index is 12.6. The van der Waals surface area contributed by atoms with Gasteiger partial charge < -0.3 is 20.9 Å². The summed E-state index contributed by atoms with van der Waals surface area (Å²) in [5.74, 6) is 1.49. The number of amidine groups is 1. The first-order chi connectivity index (χ1) is 11.7. The van der Waals surface area contributed by atoms with E-state index in [9.17, 15) is 9.90 Å². The number of ether oxygens (including phenoxy) is 1. The molecule has 1 aromatic rings. The van der Waals surface area contributed by atoms with Crippen molar-refractivity contribution in [2.45, 2.75) is 59.5 Å². The second-order valence-corrected chi connectivity index (χ2v) is 7.00. The lowest BCUT2D eigenvalue weighted by molar-refractivity contribution is -0.136. The molecule has 1 atom stereocenters. The molecule has 1 heterocycles. The molecule has 138 valence electrons. The average Bonchev–Trinajstić information content (AvgIpc) is 2.57. The fourth-order valence-corrected chi connectivity index (χ4v) is 3.13. The molecular formula is C19H29N3O3. The smallest absolute Gasteiger partial charge is 0.263 e. The number of carbonyl (C=O) groups excluding carboxylic acids is 1. The molecule has 1 aromatic carbocycles. The van der Waals surface area contributed by atoms with Crippen LogP contribution >= 0.6 is 0 Å². The monoisotopic (exact) mass is 347 g/mol. The molecule has 0 fully saturated rings. The fraction of sp³-hybridized carbons (Fsp3) is 0.579. The second-order valence-electron chi connectivity index (χ2n) is 7.00. The van der Waals surface area contributed by atoms with Crippen molar-refractivity contribution in [3.05, 3.63) is 22.3 Å². The largest absolute Gasteiger partial charge is 0.507 e. The van der Waals surface area contributed by atoms with Crippen LogP contribution in [0, 0.1) is 20.8 Å². The number of nitrogens with two attached hydrogens (primary N) is 1. The SMILES string of the molecule is CC(N)=NCCCNC(=O)C1(C)CCc2c(C)c(O)c(C)c(C)c2O1. The Hall–Kier alpha value is -2.24. The van der Waals surface area contributed by atoms with E-state index in [-0.39, 0.29) is 5.91 Å². The van der Waals surface area contributed by atoms with E-state index >= 15 is 0 Å². The van der Waals surface area contributed by atoms with Crippen molar-refractivity contribution in [2.75, 3.05) is 13.1 Å². The van der Waals surface area contributed by atoms with Crippen LogP contribution in [0.15, 0.2) is 4.99 Å². The van der Waals surface area contributed by atoms with Crippen molar-refractivity contribution in [1.29, 1.82) is 0 Å². The first kappa shape index (κ1) is 19.1. The van der Waals surface area contributed by atoms with Crippen molar-refractivity contribution < 1.29 is 14.6 Å². The van der Waals surface area contributed by atoms with E-state index in [2.05, 4.69) is 10.3 Å². The van der Waals surface area contributed by atoms with Crippen LogP contribution in [0.4, 0.5) is 0 Å². The molecule has 0 saturated heterocycles. The van der Waals surface area contributed by atoms with Gasteiger partial charge in [-0.25, -0.2) is 0 Å². The van der Waals surface area contributed by atoms with Gasteiger partial charge in [0.15, 0.2) is 5.60 Å². The summed E-state index contributed by atoms with van der Waals surface area (Å²) < 4.78 is 6.15. The zero-order valence-electron chi connectivity index (χ0n) is 15.8. The second kappa shape index (κ2) is 7.33. The average molecular weight is 347 g/mol. The van der Waals surface area contributed by atoms with Crippen LogP contribution in [-0.2, 0) is 11.2 Å². The zero-order chi connectivity index (χ0) is 18.8. The summed E-state index contributed by atoms with van der Waals surface area (Å²) in [5, 5.41) is 13.2. The van der Waals surface area contributed by atoms with Crippen molar-refractivity contribution in [2.24, 2.45) is 10.7 Å². The summed E-state index contributed by atoms with van der Waals surface area (Å²) in [5.41, 5.74) is 8.13. The van der Waals surface area contributed by atoms with E-state index in [0.717, 1.165) is 34.4 Å². The first-order valence-corrected chi connectivity index (χ1v) is 8.73. The van der Waals surface area contributed by atoms with Crippen LogP contribution in [0.2, 0.25) is 0 Å². The standard InChI is InChI=1S/C19H29N3O3/c1-11-12(2)17-15(13(3)16(11)23)7-8-19(5,25-17)18(24)22-10-6-9-21-14(4)20/h23H,6-10H2,1-5H3,(H2,20,21)(H,22,24). The normalized spacial score (nSPS) is 20.0. The van der Waals surface area contributed by atoms with Crippen molar-refractivity contribution >= 4 is 11.7 Å². The van der Waals surface area contributed by atoms with E-state index in [1.54, 1.807) is 6.92 Å². The summed E-state index contributed by atoms with van der Waals surface area (Å²) in [4.78, 5) is 16.7. The molecule has 0 saturated carbocycles. The highest BCUT2D eigenvalue weighted by Crippen LogP contribution is 2.43. The van der Waals surface area contributed by atoms with E-state index < -0.39 is 5.60 Å². The molecular weight excluding hydrogens is 318 g/mol. The number of phenolic OH excluding ortho intramolecular Hbond substituents is 1. The van der Waals surface area contributed by atoms with Crippen LogP contribution in [-0.4, -0.2) is 35.5 Å². The van der Waals surface area contributed by atoms with E-state index in [1.165, 1.54) is 0 Å². The molecule has 0 bridgehead atoms. The van der Waals surface area contributed by atoms with Crippen LogP contribution < -0.4 is 15.8 Å². The molecule has 1 unspecified atom stereocenters. The maximum absolute atomic E-state index is 12.6. The molecule has 2 rings (SSSR count). The fourth-order valence-electron chi connectivity index (χ4n) is 3.13. The molecule has 1 amide bonds. The number of fused-ring (bicyclic) bond motifs is 1. The number of hydrogen-bond donors (Lipinski definition) is 3. The quantitative estimate of drug-likeness (QED) is 0.432. The molecule has 1 aliphatic rings. The number of nitrogens with zero attached hydrogens (tertiary/aromatic N) is 1. The predicted octanol–water partition coefficient (Wildman–Crippen LogP) is 2.28. The van der Waals surface area contributed by atoms with Gasteiger partial charge in [0.1, 0.15) is 11.5 Å². The number of amides is 1. The van der Waals surface area contributed by atoms with Crippen molar-refractivity contribution in [3.63, 3.8) is 0 Å². The number of phenols is 1. The van der Waals surface area contributed by atoms with Gasteiger partial charge in [-0.3, -0.25) is 9.79 Å². The Labute approximate surface area is 149 Å². The minimum absolute atomic E-state index is 0.116. The molecule has 4 N–H and O–H groups in total. The van der Waals surface area contributed by atoms with Crippen LogP contribution in [0.5, 0.6) is 11.5 Å². The number of carbonyl (C=O) groups is 1. The number of benzene rings is 1. The minimum atomic E-state index is -0.902. The third-order valence-electron chi connectivity index (χ3n) is 4.98. The van der Waals surface area contributed by atoms with Gasteiger partial charge in [0.05, 0.1) is 5.84 Å². The summed E-state index contributed by atoms with van der Waals surface area (Å²) in [6, 6.07) is 0. The topological polar surface area (TPSA) is 96.9 Å². The van der Waals surface area contributed by atoms with Gasteiger partial charge in [-0.15, -0.1) is 0 Å². The van der Waals surface area contributed by atoms with Gasteiger partial charge in [-0.05, 0) is 64.2 Å². The minimum Gasteiger partial charge on any atom is -0.507 e. The van der Waals surface area contributed by atoms with Gasteiger partial charge in [0.25, 0.3) is 5.91 Å². The van der Waals surface area contributed by atoms with Crippen molar-refractivity contribution in [1.82, 2.24) is 5.32 Å². The van der Waals surface area contributed by atoms with E-state index in [0.29, 0.717) is 37.5 Å². The Kier molecular flexibility index (Phi) is 5.60. The lowest BCUT2D eigenvalue weighted by atomic mass is 9.86. The molecule has 1 aliphatic heterocycles. The van der Waals surface area contributed by atoms with Gasteiger partial charge in [-0.1, -0.05) is 0 Å². The van der Waals surface area contributed by atoms with Crippen molar-refractivity contribution in [3.8, 4) is 11.5 Å². The zero-order valence-corrected chi connectivity index (χ0v) is 15.8. The van der Waals surface area contributed by atoms with Crippen LogP contribution in [0.1, 0.15) is 48.9 Å². The first-order valence-electron chi connectivity index (χ1n) is 8.73. The van der Waals surface area contributed by atoms with Gasteiger partial charge in [0.2, 0.25) is 0 Å². The summed E-state index contributed by atoms with van der Waals surface area (Å²) in [6.07, 6.45) is 2.02. The lowest BCUT2D eigenvalue weighted by Crippen LogP contribution is -2.51. The third-order valence-corrected chi connectivity index (χ3v) is 4.98. The number of hydrogen-bond acceptors (Lipinski definition) is 4. The Morgan fingerprint density at radius 3 is 2.64 bits per heavy atom. The molecule has 0 radical (unpaired) electrons. The maximum Gasteiger partial charge on any atom is 0.263 e. The number of aliphatic imine (C=N–C) groups is 1. The van der Waals surface area contributed by atoms with E-state index in [4.69, 9.17) is 10.5 Å². The highest BCUT2D eigenvalue weighted by molar-refractivity contribution is 5.85. The molecule has 25 heavy (non-hydrogen) atoms. The van der Waals surface area contributed by atoms with Crippen LogP contribution in [0.25, 0.3) is 0 Å². The Bertz CT molecular complexity index is 709. The van der Waals surface area contributed by atoms with Gasteiger partial charge >= 0.3 is 0 Å². The number of aromatic hydroxyl groups is 1. The summed E-state index contributed by atoms with van der Waals surface area (Å²) >= 11 is 0. The molecule has 0 aliphatic carbocycles. The van der Waals surface area contributed by atoms with Gasteiger partial charge in [0, 0.05) is 25.1 Å². The molecule has 6 nitrogen and oxygen atoms in total. The molecule has 0 aromatic heterocycles. The predicted molar refractivity (Wildman–Crippen MR) is 99.5 cm³/mol. The third kappa shape index (κ3) is 3.89. The lowest BCUT2D eigenvalue weighted by Gasteiger charge is -2.36. The highest BCUT2D eigenvalue weighted by atomic mass is 16.5. The van der Waals surface area contributed by atoms with E-state index in [1.807, 2.05) is 27.7 Å². The Balaban J connectivity index is 2.10. The summed E-state index contributed by atoms with van der Waals surface area (Å²) in [6.45, 7) is 10.4. The Morgan fingerprint density at radius 2 is 2.00 bits per heavy atom.